The zero-order valence-corrected chi connectivity index (χ0v) is 21.8. The number of hydrogen-bond acceptors (Lipinski definition) is 8. The largest absolute Gasteiger partial charge is 0.486 e. The summed E-state index contributed by atoms with van der Waals surface area (Å²) in [5.74, 6) is 0.379. The van der Waals surface area contributed by atoms with Crippen molar-refractivity contribution in [2.45, 2.75) is 63.8 Å². The molecule has 1 aromatic heterocycles. The number of rotatable bonds is 11. The predicted molar refractivity (Wildman–Crippen MR) is 139 cm³/mol. The van der Waals surface area contributed by atoms with Gasteiger partial charge in [0.1, 0.15) is 18.4 Å². The van der Waals surface area contributed by atoms with E-state index in [4.69, 9.17) is 14.9 Å². The Kier molecular flexibility index (Phi) is 9.01. The smallest absolute Gasteiger partial charge is 0.249 e. The van der Waals surface area contributed by atoms with Crippen LogP contribution >= 0.6 is 0 Å². The number of nitrogens with one attached hydrogen (secondary N) is 2. The second-order valence-electron chi connectivity index (χ2n) is 9.61. The van der Waals surface area contributed by atoms with Crippen LogP contribution in [0, 0.1) is 0 Å². The van der Waals surface area contributed by atoms with Crippen LogP contribution in [-0.4, -0.2) is 76.6 Å². The molecule has 4 N–H and O–H groups in total. The van der Waals surface area contributed by atoms with E-state index in [1.54, 1.807) is 48.7 Å². The van der Waals surface area contributed by atoms with Crippen molar-refractivity contribution >= 4 is 29.0 Å². The van der Waals surface area contributed by atoms with Gasteiger partial charge in [0, 0.05) is 44.7 Å². The van der Waals surface area contributed by atoms with E-state index in [1.165, 1.54) is 6.92 Å². The number of nitrogens with zero attached hydrogens (tertiary/aromatic N) is 3. The van der Waals surface area contributed by atoms with E-state index < -0.39 is 6.04 Å². The third-order valence-corrected chi connectivity index (χ3v) is 7.02. The highest BCUT2D eigenvalue weighted by atomic mass is 16.5. The van der Waals surface area contributed by atoms with E-state index in [1.807, 2.05) is 0 Å². The molecule has 202 valence electrons. The van der Waals surface area contributed by atoms with Crippen molar-refractivity contribution in [2.75, 3.05) is 25.5 Å². The highest BCUT2D eigenvalue weighted by Gasteiger charge is 2.36. The highest BCUT2D eigenvalue weighted by molar-refractivity contribution is 6.44. The number of amides is 2. The van der Waals surface area contributed by atoms with Gasteiger partial charge in [-0.1, -0.05) is 0 Å². The van der Waals surface area contributed by atoms with E-state index in [0.29, 0.717) is 35.8 Å². The average Bonchev–Trinajstić information content (AvgIpc) is 3.61. The van der Waals surface area contributed by atoms with Gasteiger partial charge in [0.25, 0.3) is 0 Å². The van der Waals surface area contributed by atoms with E-state index >= 15 is 0 Å². The second-order valence-corrected chi connectivity index (χ2v) is 9.61. The van der Waals surface area contributed by atoms with Crippen LogP contribution < -0.4 is 20.8 Å². The number of aromatic nitrogens is 2. The van der Waals surface area contributed by atoms with Gasteiger partial charge in [-0.25, -0.2) is 9.97 Å². The molecule has 1 aliphatic carbocycles. The lowest BCUT2D eigenvalue weighted by atomic mass is 10.0. The molecule has 1 saturated heterocycles. The topological polar surface area (TPSA) is 148 Å². The molecule has 1 saturated carbocycles. The van der Waals surface area contributed by atoms with Gasteiger partial charge in [0.05, 0.1) is 18.2 Å². The van der Waals surface area contributed by atoms with Gasteiger partial charge in [0.15, 0.2) is 5.82 Å². The Balaban J connectivity index is 1.38. The molecule has 0 radical (unpaired) electrons. The summed E-state index contributed by atoms with van der Waals surface area (Å²) in [6.07, 6.45) is 7.41. The molecule has 11 heteroatoms. The number of hydrogen-bond donors (Lipinski definition) is 3. The first-order valence-electron chi connectivity index (χ1n) is 12.9. The lowest BCUT2D eigenvalue weighted by Gasteiger charge is -2.26. The van der Waals surface area contributed by atoms with Crippen LogP contribution in [0.15, 0.2) is 36.7 Å². The zero-order valence-electron chi connectivity index (χ0n) is 21.8. The first kappa shape index (κ1) is 27.2. The Hall–Kier alpha value is -3.86. The molecule has 2 unspecified atom stereocenters. The summed E-state index contributed by atoms with van der Waals surface area (Å²) in [6, 6.07) is 6.37. The molecular formula is C27H35N6O5+. The molecule has 2 heterocycles. The number of carbonyl (C=O) groups excluding carboxylic acids is 3. The number of carbonyl (C=O) groups is 3. The van der Waals surface area contributed by atoms with Crippen molar-refractivity contribution in [2.24, 2.45) is 0 Å². The average molecular weight is 524 g/mol. The van der Waals surface area contributed by atoms with E-state index in [2.05, 4.69) is 20.6 Å². The van der Waals surface area contributed by atoms with Crippen molar-refractivity contribution in [1.82, 2.24) is 20.2 Å². The number of nitrogens with two attached hydrogens (primary N) is 1. The third kappa shape index (κ3) is 6.71. The molecular weight excluding hydrogens is 488 g/mol. The first-order valence-corrected chi connectivity index (χ1v) is 12.9. The molecule has 2 aromatic rings. The minimum absolute atomic E-state index is 0.0464. The molecule has 2 aliphatic rings. The Morgan fingerprint density at radius 3 is 2.66 bits per heavy atom. The van der Waals surface area contributed by atoms with Gasteiger partial charge in [-0.15, -0.1) is 0 Å². The van der Waals surface area contributed by atoms with Crippen LogP contribution in [-0.2, 0) is 25.7 Å². The molecule has 0 bridgehead atoms. The van der Waals surface area contributed by atoms with Crippen molar-refractivity contribution in [3.8, 4) is 5.75 Å². The highest BCUT2D eigenvalue weighted by Crippen LogP contribution is 2.25. The van der Waals surface area contributed by atoms with E-state index in [-0.39, 0.29) is 48.6 Å². The van der Waals surface area contributed by atoms with Gasteiger partial charge in [-0.3, -0.25) is 19.8 Å². The molecule has 1 aromatic carbocycles. The minimum atomic E-state index is -0.491. The standard InChI is InChI=1S/C27H34N6O5/c1-17(34)26(28)21-14-20(38-16-24-29-10-4-11-30-24)8-9-22(21)31-15-25(35)33-12-3-5-23(33)27(36)32-18-6-7-19(13-18)37-2/h4,8-11,14,18-19,23,28,31H,3,5-7,12-13,15-16H2,1-2H3,(H,32,36)/p+1/t18?,19?,23-/m0/s1. The van der Waals surface area contributed by atoms with E-state index in [9.17, 15) is 14.4 Å². The molecule has 3 atom stereocenters. The van der Waals surface area contributed by atoms with Crippen LogP contribution in [0.5, 0.6) is 5.75 Å². The molecule has 11 nitrogen and oxygen atoms in total. The maximum Gasteiger partial charge on any atom is 0.249 e. The van der Waals surface area contributed by atoms with Crippen molar-refractivity contribution in [1.29, 1.82) is 0 Å². The first-order chi connectivity index (χ1) is 18.4. The number of likely N-dealkylation sites (tertiary alicyclic amines) is 1. The van der Waals surface area contributed by atoms with Gasteiger partial charge in [0.2, 0.25) is 23.3 Å². The number of anilines is 1. The van der Waals surface area contributed by atoms with E-state index in [0.717, 1.165) is 25.7 Å². The predicted octanol–water partition coefficient (Wildman–Crippen LogP) is 0.279. The maximum absolute atomic E-state index is 13.1. The van der Waals surface area contributed by atoms with Crippen LogP contribution in [0.2, 0.25) is 0 Å². The summed E-state index contributed by atoms with van der Waals surface area (Å²) in [4.78, 5) is 48.0. The van der Waals surface area contributed by atoms with Crippen molar-refractivity contribution in [3.05, 3.63) is 48.0 Å². The second kappa shape index (κ2) is 12.6. The fourth-order valence-electron chi connectivity index (χ4n) is 4.93. The Labute approximate surface area is 221 Å². The molecule has 2 amide bonds. The fraction of sp³-hybridized carbons (Fsp3) is 0.481. The van der Waals surface area contributed by atoms with Gasteiger partial charge in [-0.2, -0.15) is 0 Å². The summed E-state index contributed by atoms with van der Waals surface area (Å²) >= 11 is 0. The van der Waals surface area contributed by atoms with Crippen LogP contribution in [0.4, 0.5) is 5.69 Å². The van der Waals surface area contributed by atoms with Gasteiger partial charge >= 0.3 is 0 Å². The lowest BCUT2D eigenvalue weighted by molar-refractivity contribution is -0.137. The van der Waals surface area contributed by atoms with Crippen LogP contribution in [0.25, 0.3) is 0 Å². The Morgan fingerprint density at radius 1 is 1.16 bits per heavy atom. The summed E-state index contributed by atoms with van der Waals surface area (Å²) in [7, 11) is 1.69. The number of methoxy groups -OCH3 is 1. The maximum atomic E-state index is 13.1. The van der Waals surface area contributed by atoms with Gasteiger partial charge in [-0.05, 0) is 56.4 Å². The SMILES string of the molecule is COC1CCC(NC(=O)[C@@H]2CCCN2C(=O)CNc2ccc(OCc3ncccn3)cc2C(=[NH2+])C(C)=O)C1. The number of ketones is 1. The molecule has 4 rings (SSSR count). The summed E-state index contributed by atoms with van der Waals surface area (Å²) < 4.78 is 11.2. The molecule has 2 fully saturated rings. The molecule has 1 aliphatic heterocycles. The zero-order chi connectivity index (χ0) is 27.1. The quantitative estimate of drug-likeness (QED) is 0.356. The number of benzene rings is 1. The molecule has 38 heavy (non-hydrogen) atoms. The van der Waals surface area contributed by atoms with Crippen LogP contribution in [0.3, 0.4) is 0 Å². The van der Waals surface area contributed by atoms with Crippen LogP contribution in [0.1, 0.15) is 50.4 Å². The van der Waals surface area contributed by atoms with Gasteiger partial charge < -0.3 is 25.0 Å². The molecule has 0 spiro atoms. The summed E-state index contributed by atoms with van der Waals surface area (Å²) in [6.45, 7) is 2.00. The minimum Gasteiger partial charge on any atom is -0.486 e. The number of ether oxygens (including phenoxy) is 2. The summed E-state index contributed by atoms with van der Waals surface area (Å²) in [5, 5.41) is 12.3. The lowest BCUT2D eigenvalue weighted by Crippen LogP contribution is -2.49. The summed E-state index contributed by atoms with van der Waals surface area (Å²) in [5.41, 5.74) is 0.998. The van der Waals surface area contributed by atoms with Crippen molar-refractivity contribution < 1.29 is 29.3 Å². The third-order valence-electron chi connectivity index (χ3n) is 7.02. The Morgan fingerprint density at radius 2 is 1.95 bits per heavy atom. The number of Topliss-reactive ketones (excluding diaryl/α,β-unsaturated/α-hetero) is 1. The Bertz CT molecular complexity index is 1170. The normalized spacial score (nSPS) is 20.7. The van der Waals surface area contributed by atoms with Crippen molar-refractivity contribution in [3.63, 3.8) is 0 Å². The fourth-order valence-corrected chi connectivity index (χ4v) is 4.93. The monoisotopic (exact) mass is 523 g/mol.